The summed E-state index contributed by atoms with van der Waals surface area (Å²) >= 11 is 1.80. The molecule has 2 aromatic rings. The molecule has 4 heteroatoms. The van der Waals surface area contributed by atoms with E-state index in [1.807, 2.05) is 6.20 Å². The lowest BCUT2D eigenvalue weighted by atomic mass is 10.1. The van der Waals surface area contributed by atoms with Gasteiger partial charge in [-0.15, -0.1) is 11.3 Å². The summed E-state index contributed by atoms with van der Waals surface area (Å²) in [7, 11) is 0. The predicted molar refractivity (Wildman–Crippen MR) is 71.7 cm³/mol. The molecule has 2 fully saturated rings. The molecule has 0 unspecified atom stereocenters. The van der Waals surface area contributed by atoms with Crippen LogP contribution in [0, 0.1) is 5.92 Å². The first-order valence-corrected chi connectivity index (χ1v) is 7.11. The van der Waals surface area contributed by atoms with E-state index in [2.05, 4.69) is 32.7 Å². The highest BCUT2D eigenvalue weighted by atomic mass is 32.1. The van der Waals surface area contributed by atoms with E-state index < -0.39 is 0 Å². The summed E-state index contributed by atoms with van der Waals surface area (Å²) in [6.45, 7) is 3.46. The molecule has 0 radical (unpaired) electrons. The zero-order valence-corrected chi connectivity index (χ0v) is 10.4. The van der Waals surface area contributed by atoms with Crippen LogP contribution in [0.3, 0.4) is 0 Å². The summed E-state index contributed by atoms with van der Waals surface area (Å²) in [6.07, 6.45) is 3.25. The highest BCUT2D eigenvalue weighted by molar-refractivity contribution is 7.17. The van der Waals surface area contributed by atoms with E-state index in [-0.39, 0.29) is 0 Å². The first kappa shape index (κ1) is 9.85. The fraction of sp³-hybridized carbons (Fsp3) is 0.462. The Hall–Kier alpha value is -1.13. The minimum absolute atomic E-state index is 0.660. The van der Waals surface area contributed by atoms with E-state index in [4.69, 9.17) is 0 Å². The maximum atomic E-state index is 4.63. The lowest BCUT2D eigenvalue weighted by Gasteiger charge is -2.25. The van der Waals surface area contributed by atoms with Crippen molar-refractivity contribution in [3.05, 3.63) is 23.7 Å². The molecule has 4 rings (SSSR count). The topological polar surface area (TPSA) is 28.2 Å². The van der Waals surface area contributed by atoms with Crippen LogP contribution in [0.4, 0.5) is 5.82 Å². The number of hydrogen-bond donors (Lipinski definition) is 1. The quantitative estimate of drug-likeness (QED) is 0.834. The number of nitrogens with one attached hydrogen (secondary N) is 1. The Morgan fingerprint density at radius 2 is 2.35 bits per heavy atom. The van der Waals surface area contributed by atoms with Gasteiger partial charge in [0.05, 0.1) is 0 Å². The van der Waals surface area contributed by atoms with Gasteiger partial charge >= 0.3 is 0 Å². The van der Waals surface area contributed by atoms with Crippen LogP contribution in [0.15, 0.2) is 23.7 Å². The van der Waals surface area contributed by atoms with Gasteiger partial charge in [0.2, 0.25) is 0 Å². The Balaban J connectivity index is 1.81. The summed E-state index contributed by atoms with van der Waals surface area (Å²) in [6, 6.07) is 4.98. The number of pyridine rings is 1. The van der Waals surface area contributed by atoms with Gasteiger partial charge in [0.1, 0.15) is 5.82 Å². The van der Waals surface area contributed by atoms with Crippen molar-refractivity contribution in [2.45, 2.75) is 12.5 Å². The molecule has 88 valence electrons. The Bertz CT molecular complexity index is 550. The van der Waals surface area contributed by atoms with E-state index in [9.17, 15) is 0 Å². The van der Waals surface area contributed by atoms with Crippen LogP contribution >= 0.6 is 11.3 Å². The predicted octanol–water partition coefficient (Wildman–Crippen LogP) is 2.09. The summed E-state index contributed by atoms with van der Waals surface area (Å²) in [5.41, 5.74) is 0. The fourth-order valence-electron chi connectivity index (χ4n) is 3.22. The average molecular weight is 245 g/mol. The second-order valence-electron chi connectivity index (χ2n) is 4.93. The van der Waals surface area contributed by atoms with Crippen molar-refractivity contribution >= 4 is 27.2 Å². The molecule has 2 aliphatic heterocycles. The zero-order chi connectivity index (χ0) is 11.2. The van der Waals surface area contributed by atoms with Gasteiger partial charge < -0.3 is 10.2 Å². The van der Waals surface area contributed by atoms with Gasteiger partial charge in [-0.05, 0) is 29.9 Å². The average Bonchev–Trinajstić information content (AvgIpc) is 3.04. The van der Waals surface area contributed by atoms with E-state index >= 15 is 0 Å². The molecule has 2 saturated heterocycles. The molecule has 1 N–H and O–H groups in total. The van der Waals surface area contributed by atoms with Crippen LogP contribution in [0.1, 0.15) is 6.42 Å². The van der Waals surface area contributed by atoms with Crippen LogP contribution in [-0.4, -0.2) is 30.7 Å². The monoisotopic (exact) mass is 245 g/mol. The number of rotatable bonds is 1. The van der Waals surface area contributed by atoms with E-state index in [1.54, 1.807) is 11.3 Å². The molecule has 0 amide bonds. The third kappa shape index (κ3) is 1.40. The van der Waals surface area contributed by atoms with Crippen LogP contribution in [0.5, 0.6) is 0 Å². The molecule has 17 heavy (non-hydrogen) atoms. The van der Waals surface area contributed by atoms with Gasteiger partial charge in [-0.3, -0.25) is 0 Å². The van der Waals surface area contributed by atoms with Crippen LogP contribution < -0.4 is 10.2 Å². The molecular weight excluding hydrogens is 230 g/mol. The van der Waals surface area contributed by atoms with Crippen molar-refractivity contribution in [1.82, 2.24) is 10.3 Å². The summed E-state index contributed by atoms with van der Waals surface area (Å²) < 4.78 is 1.35. The number of aromatic nitrogens is 1. The first-order chi connectivity index (χ1) is 8.43. The smallest absolute Gasteiger partial charge is 0.137 e. The molecule has 3 nitrogen and oxygen atoms in total. The lowest BCUT2D eigenvalue weighted by Crippen LogP contribution is -2.34. The van der Waals surface area contributed by atoms with E-state index in [0.717, 1.165) is 12.5 Å². The minimum Gasteiger partial charge on any atom is -0.351 e. The Morgan fingerprint density at radius 1 is 1.35 bits per heavy atom. The van der Waals surface area contributed by atoms with Gasteiger partial charge in [0.15, 0.2) is 0 Å². The SMILES string of the molecule is c1cc2sccc2c(N2CC[C@H]3CNC[C@H]32)n1. The van der Waals surface area contributed by atoms with Gasteiger partial charge in [-0.1, -0.05) is 0 Å². The molecule has 0 bridgehead atoms. The zero-order valence-electron chi connectivity index (χ0n) is 9.60. The number of nitrogens with zero attached hydrogens (tertiary/aromatic N) is 2. The highest BCUT2D eigenvalue weighted by Gasteiger charge is 2.38. The normalized spacial score (nSPS) is 27.9. The van der Waals surface area contributed by atoms with Crippen molar-refractivity contribution in [3.63, 3.8) is 0 Å². The standard InChI is InChI=1S/C13H15N3S/c1-4-15-13(10-3-6-17-12(1)10)16-5-2-9-7-14-8-11(9)16/h1,3-4,6,9,11,14H,2,5,7-8H2/t9-,11+/m0/s1. The van der Waals surface area contributed by atoms with Crippen molar-refractivity contribution in [2.24, 2.45) is 5.92 Å². The second kappa shape index (κ2) is 3.68. The Kier molecular flexibility index (Phi) is 2.13. The number of anilines is 1. The molecule has 0 spiro atoms. The maximum absolute atomic E-state index is 4.63. The van der Waals surface area contributed by atoms with Gasteiger partial charge in [-0.2, -0.15) is 0 Å². The molecule has 4 heterocycles. The molecule has 2 atom stereocenters. The largest absolute Gasteiger partial charge is 0.351 e. The molecule has 0 saturated carbocycles. The fourth-order valence-corrected chi connectivity index (χ4v) is 4.00. The van der Waals surface area contributed by atoms with Crippen LogP contribution in [0.2, 0.25) is 0 Å². The van der Waals surface area contributed by atoms with E-state index in [0.29, 0.717) is 6.04 Å². The van der Waals surface area contributed by atoms with Crippen molar-refractivity contribution < 1.29 is 0 Å². The van der Waals surface area contributed by atoms with Gasteiger partial charge in [0, 0.05) is 42.0 Å². The first-order valence-electron chi connectivity index (χ1n) is 6.23. The Morgan fingerprint density at radius 3 is 3.35 bits per heavy atom. The van der Waals surface area contributed by atoms with Crippen molar-refractivity contribution in [2.75, 3.05) is 24.5 Å². The molecule has 2 aromatic heterocycles. The van der Waals surface area contributed by atoms with Gasteiger partial charge in [0.25, 0.3) is 0 Å². The minimum atomic E-state index is 0.660. The molecule has 2 aliphatic rings. The molecule has 0 aromatic carbocycles. The lowest BCUT2D eigenvalue weighted by molar-refractivity contribution is 0.578. The molecular formula is C13H15N3S. The third-order valence-electron chi connectivity index (χ3n) is 4.08. The van der Waals surface area contributed by atoms with Crippen LogP contribution in [-0.2, 0) is 0 Å². The third-order valence-corrected chi connectivity index (χ3v) is 4.96. The highest BCUT2D eigenvalue weighted by Crippen LogP contribution is 2.35. The number of fused-ring (bicyclic) bond motifs is 2. The second-order valence-corrected chi connectivity index (χ2v) is 5.88. The molecule has 0 aliphatic carbocycles. The van der Waals surface area contributed by atoms with Crippen LogP contribution in [0.25, 0.3) is 10.1 Å². The maximum Gasteiger partial charge on any atom is 0.137 e. The van der Waals surface area contributed by atoms with Gasteiger partial charge in [-0.25, -0.2) is 4.98 Å². The summed E-state index contributed by atoms with van der Waals surface area (Å²) in [5.74, 6) is 2.02. The summed E-state index contributed by atoms with van der Waals surface area (Å²) in [4.78, 5) is 7.14. The number of hydrogen-bond acceptors (Lipinski definition) is 4. The summed E-state index contributed by atoms with van der Waals surface area (Å²) in [5, 5.41) is 6.99. The van der Waals surface area contributed by atoms with E-state index in [1.165, 1.54) is 35.4 Å². The number of thiophene rings is 1. The van der Waals surface area contributed by atoms with Crippen molar-refractivity contribution in [1.29, 1.82) is 0 Å². The van der Waals surface area contributed by atoms with Crippen molar-refractivity contribution in [3.8, 4) is 0 Å². The Labute approximate surface area is 104 Å².